The van der Waals surface area contributed by atoms with E-state index in [0.717, 1.165) is 37.7 Å². The highest BCUT2D eigenvalue weighted by Gasteiger charge is 2.33. The van der Waals surface area contributed by atoms with Gasteiger partial charge in [0.15, 0.2) is 5.82 Å². The molecule has 2 aromatic heterocycles. The topological polar surface area (TPSA) is 83.1 Å². The van der Waals surface area contributed by atoms with Crippen molar-refractivity contribution in [2.24, 2.45) is 0 Å². The van der Waals surface area contributed by atoms with Gasteiger partial charge in [0.1, 0.15) is 12.4 Å². The van der Waals surface area contributed by atoms with Crippen LogP contribution in [0.15, 0.2) is 16.8 Å². The number of likely N-dealkylation sites (tertiary alicyclic amines) is 1. The highest BCUT2D eigenvalue weighted by Crippen LogP contribution is 2.27. The number of aryl methyl sites for hydroxylation is 1. The van der Waals surface area contributed by atoms with Crippen LogP contribution in [0.25, 0.3) is 0 Å². The van der Waals surface area contributed by atoms with Crippen molar-refractivity contribution in [1.82, 2.24) is 25.4 Å². The third-order valence-electron chi connectivity index (χ3n) is 4.25. The summed E-state index contributed by atoms with van der Waals surface area (Å²) in [7, 11) is 1.53. The van der Waals surface area contributed by atoms with Crippen LogP contribution in [0.4, 0.5) is 0 Å². The fourth-order valence-corrected chi connectivity index (χ4v) is 3.82. The average molecular weight is 349 g/mol. The van der Waals surface area contributed by atoms with E-state index in [-0.39, 0.29) is 24.5 Å². The molecule has 0 saturated carbocycles. The second kappa shape index (κ2) is 7.87. The van der Waals surface area contributed by atoms with Gasteiger partial charge in [0.2, 0.25) is 5.91 Å². The maximum atomic E-state index is 12.0. The van der Waals surface area contributed by atoms with E-state index in [1.165, 1.54) is 12.7 Å². The molecule has 7 nitrogen and oxygen atoms in total. The van der Waals surface area contributed by atoms with E-state index >= 15 is 0 Å². The molecule has 8 heteroatoms. The van der Waals surface area contributed by atoms with E-state index < -0.39 is 0 Å². The number of carbonyl (C=O) groups excluding carboxylic acids is 1. The summed E-state index contributed by atoms with van der Waals surface area (Å²) in [6.45, 7) is 4.61. The zero-order valence-corrected chi connectivity index (χ0v) is 14.8. The van der Waals surface area contributed by atoms with E-state index in [2.05, 4.69) is 42.2 Å². The van der Waals surface area contributed by atoms with Gasteiger partial charge in [0.05, 0.1) is 6.04 Å². The molecule has 2 atom stereocenters. The van der Waals surface area contributed by atoms with Crippen LogP contribution in [0.3, 0.4) is 0 Å². The predicted molar refractivity (Wildman–Crippen MR) is 91.9 cm³/mol. The molecule has 1 fully saturated rings. The molecule has 1 aliphatic rings. The monoisotopic (exact) mass is 349 g/mol. The summed E-state index contributed by atoms with van der Waals surface area (Å²) < 4.78 is 4.94. The number of H-pyrrole nitrogens is 1. The van der Waals surface area contributed by atoms with E-state index in [1.54, 1.807) is 11.3 Å². The molecule has 0 aromatic carbocycles. The lowest BCUT2D eigenvalue weighted by atomic mass is 9.90. The molecular weight excluding hydrogens is 326 g/mol. The van der Waals surface area contributed by atoms with E-state index in [9.17, 15) is 4.79 Å². The molecule has 0 bridgehead atoms. The number of piperidine rings is 1. The van der Waals surface area contributed by atoms with Crippen LogP contribution in [0.2, 0.25) is 0 Å². The minimum absolute atomic E-state index is 0.0183. The lowest BCUT2D eigenvalue weighted by molar-refractivity contribution is -0.126. The van der Waals surface area contributed by atoms with E-state index in [0.29, 0.717) is 0 Å². The molecule has 0 radical (unpaired) electrons. The Morgan fingerprint density at radius 3 is 3.12 bits per heavy atom. The normalized spacial score (nSPS) is 21.8. The number of nitrogens with zero attached hydrogens (tertiary/aromatic N) is 3. The first kappa shape index (κ1) is 17.1. The fraction of sp³-hybridized carbons (Fsp3) is 0.562. The van der Waals surface area contributed by atoms with Gasteiger partial charge >= 0.3 is 0 Å². The number of hydrogen-bond acceptors (Lipinski definition) is 6. The maximum absolute atomic E-state index is 12.0. The number of carbonyl (C=O) groups is 1. The molecule has 1 saturated heterocycles. The van der Waals surface area contributed by atoms with Crippen molar-refractivity contribution in [3.8, 4) is 0 Å². The molecule has 1 aliphatic heterocycles. The lowest BCUT2D eigenvalue weighted by Gasteiger charge is -2.37. The highest BCUT2D eigenvalue weighted by molar-refractivity contribution is 7.07. The first-order chi connectivity index (χ1) is 11.7. The Kier molecular flexibility index (Phi) is 5.60. The molecule has 2 aromatic rings. The first-order valence-electron chi connectivity index (χ1n) is 8.06. The standard InChI is InChI=1S/C16H23N5O2S/c1-11-17-16(20-19-11)13-3-5-21(7-12-4-6-24-10-12)8-14(13)18-15(22)9-23-2/h4,6,10,13-14H,3,5,7-9H2,1-2H3,(H,18,22)(H,17,19,20)/t13-,14+/m0/s1. The van der Waals surface area contributed by atoms with E-state index in [4.69, 9.17) is 4.74 Å². The summed E-state index contributed by atoms with van der Waals surface area (Å²) in [5, 5.41) is 14.6. The smallest absolute Gasteiger partial charge is 0.246 e. The number of aromatic nitrogens is 3. The number of nitrogens with one attached hydrogen (secondary N) is 2. The summed E-state index contributed by atoms with van der Waals surface area (Å²) in [5.74, 6) is 1.60. The first-order valence-corrected chi connectivity index (χ1v) is 9.00. The fourth-order valence-electron chi connectivity index (χ4n) is 3.16. The molecule has 0 unspecified atom stereocenters. The molecule has 130 valence electrons. The zero-order valence-electron chi connectivity index (χ0n) is 14.0. The Morgan fingerprint density at radius 2 is 2.46 bits per heavy atom. The van der Waals surface area contributed by atoms with Gasteiger partial charge in [-0.05, 0) is 42.3 Å². The summed E-state index contributed by atoms with van der Waals surface area (Å²) in [6.07, 6.45) is 0.916. The van der Waals surface area contributed by atoms with Gasteiger partial charge < -0.3 is 10.1 Å². The van der Waals surface area contributed by atoms with Crippen LogP contribution < -0.4 is 5.32 Å². The number of thiophene rings is 1. The van der Waals surface area contributed by atoms with Crippen LogP contribution >= 0.6 is 11.3 Å². The maximum Gasteiger partial charge on any atom is 0.246 e. The number of aromatic amines is 1. The Morgan fingerprint density at radius 1 is 1.58 bits per heavy atom. The van der Waals surface area contributed by atoms with Crippen molar-refractivity contribution in [2.45, 2.75) is 31.8 Å². The third-order valence-corrected chi connectivity index (χ3v) is 4.98. The van der Waals surface area contributed by atoms with Crippen molar-refractivity contribution in [2.75, 3.05) is 26.8 Å². The number of hydrogen-bond donors (Lipinski definition) is 2. The molecule has 3 heterocycles. The van der Waals surface area contributed by atoms with E-state index in [1.807, 2.05) is 6.92 Å². The van der Waals surface area contributed by atoms with Crippen molar-refractivity contribution in [3.05, 3.63) is 34.0 Å². The summed E-state index contributed by atoms with van der Waals surface area (Å²) in [6, 6.07) is 2.13. The molecule has 0 spiro atoms. The molecular formula is C16H23N5O2S. The Labute approximate surface area is 145 Å². The number of amides is 1. The SMILES string of the molecule is COCC(=O)N[C@@H]1CN(Cc2ccsc2)CC[C@@H]1c1n[nH]c(C)n1. The summed E-state index contributed by atoms with van der Waals surface area (Å²) in [5.41, 5.74) is 1.31. The summed E-state index contributed by atoms with van der Waals surface area (Å²) in [4.78, 5) is 18.9. The van der Waals surface area contributed by atoms with Gasteiger partial charge in [-0.15, -0.1) is 0 Å². The molecule has 2 N–H and O–H groups in total. The predicted octanol–water partition coefficient (Wildman–Crippen LogP) is 1.30. The minimum Gasteiger partial charge on any atom is -0.375 e. The minimum atomic E-state index is -0.0999. The summed E-state index contributed by atoms with van der Waals surface area (Å²) >= 11 is 1.71. The van der Waals surface area contributed by atoms with Gasteiger partial charge in [0, 0.05) is 26.1 Å². The Balaban J connectivity index is 1.70. The number of methoxy groups -OCH3 is 1. The Bertz CT molecular complexity index is 657. The van der Waals surface area contributed by atoms with Crippen LogP contribution in [0, 0.1) is 6.92 Å². The van der Waals surface area contributed by atoms with Crippen LogP contribution in [0.5, 0.6) is 0 Å². The van der Waals surface area contributed by atoms with Crippen LogP contribution in [-0.2, 0) is 16.1 Å². The van der Waals surface area contributed by atoms with Crippen LogP contribution in [-0.4, -0.2) is 58.8 Å². The van der Waals surface area contributed by atoms with Gasteiger partial charge in [-0.2, -0.15) is 16.4 Å². The lowest BCUT2D eigenvalue weighted by Crippen LogP contribution is -2.52. The van der Waals surface area contributed by atoms with Gasteiger partial charge in [0.25, 0.3) is 0 Å². The molecule has 24 heavy (non-hydrogen) atoms. The molecule has 1 amide bonds. The third kappa shape index (κ3) is 4.19. The largest absolute Gasteiger partial charge is 0.375 e. The number of rotatable bonds is 6. The van der Waals surface area contributed by atoms with Crippen molar-refractivity contribution < 1.29 is 9.53 Å². The molecule has 3 rings (SSSR count). The van der Waals surface area contributed by atoms with Gasteiger partial charge in [-0.1, -0.05) is 0 Å². The zero-order chi connectivity index (χ0) is 16.9. The van der Waals surface area contributed by atoms with Crippen LogP contribution in [0.1, 0.15) is 29.6 Å². The second-order valence-electron chi connectivity index (χ2n) is 6.15. The highest BCUT2D eigenvalue weighted by atomic mass is 32.1. The van der Waals surface area contributed by atoms with Crippen molar-refractivity contribution >= 4 is 17.2 Å². The Hall–Kier alpha value is -1.77. The second-order valence-corrected chi connectivity index (χ2v) is 6.93. The quantitative estimate of drug-likeness (QED) is 0.821. The van der Waals surface area contributed by atoms with Gasteiger partial charge in [-0.3, -0.25) is 14.8 Å². The number of ether oxygens (including phenoxy) is 1. The average Bonchev–Trinajstić information content (AvgIpc) is 3.20. The van der Waals surface area contributed by atoms with Crippen molar-refractivity contribution in [3.63, 3.8) is 0 Å². The van der Waals surface area contributed by atoms with Crippen molar-refractivity contribution in [1.29, 1.82) is 0 Å². The molecule has 0 aliphatic carbocycles. The van der Waals surface area contributed by atoms with Gasteiger partial charge in [-0.25, -0.2) is 4.98 Å².